The molecule has 1 unspecified atom stereocenters. The Morgan fingerprint density at radius 3 is 2.68 bits per heavy atom. The fourth-order valence-corrected chi connectivity index (χ4v) is 3.92. The highest BCUT2D eigenvalue weighted by molar-refractivity contribution is 5.77. The highest BCUT2D eigenvalue weighted by Crippen LogP contribution is 2.59. The Bertz CT molecular complexity index is 891. The van der Waals surface area contributed by atoms with Gasteiger partial charge < -0.3 is 10.0 Å². The molecule has 4 rings (SSSR count). The average Bonchev–Trinajstić information content (AvgIpc) is 3.22. The zero-order valence-electron chi connectivity index (χ0n) is 13.8. The molecular formula is C17H20N4O4. The van der Waals surface area contributed by atoms with Gasteiger partial charge in [0.05, 0.1) is 12.5 Å². The standard InChI is InChI=1S/C17H20N4O4/c22-14(19-9-5-17(6-10-19)11-12(17)15(23)24)4-8-21-16(25)20-7-2-1-3-13(20)18-21/h1-3,7,12H,4-6,8-11H2,(H,23,24). The first kappa shape index (κ1) is 15.9. The minimum atomic E-state index is -0.717. The van der Waals surface area contributed by atoms with Crippen LogP contribution in [0.3, 0.4) is 0 Å². The van der Waals surface area contributed by atoms with Crippen LogP contribution in [-0.2, 0) is 16.1 Å². The van der Waals surface area contributed by atoms with Crippen LogP contribution in [0.4, 0.5) is 0 Å². The van der Waals surface area contributed by atoms with Crippen molar-refractivity contribution in [1.82, 2.24) is 19.1 Å². The predicted molar refractivity (Wildman–Crippen MR) is 88.1 cm³/mol. The molecule has 1 atom stereocenters. The molecule has 8 nitrogen and oxygen atoms in total. The van der Waals surface area contributed by atoms with Crippen molar-refractivity contribution < 1.29 is 14.7 Å². The molecule has 2 fully saturated rings. The molecule has 1 aliphatic carbocycles. The van der Waals surface area contributed by atoms with Gasteiger partial charge in [0.15, 0.2) is 5.65 Å². The molecule has 1 aliphatic heterocycles. The van der Waals surface area contributed by atoms with Crippen molar-refractivity contribution in [1.29, 1.82) is 0 Å². The molecule has 1 saturated carbocycles. The number of aryl methyl sites for hydroxylation is 1. The van der Waals surface area contributed by atoms with Gasteiger partial charge in [-0.1, -0.05) is 6.07 Å². The van der Waals surface area contributed by atoms with Crippen LogP contribution < -0.4 is 5.69 Å². The predicted octanol–water partition coefficient (Wildman–Crippen LogP) is 0.599. The minimum absolute atomic E-state index is 0.00803. The van der Waals surface area contributed by atoms with Crippen molar-refractivity contribution in [3.8, 4) is 0 Å². The van der Waals surface area contributed by atoms with Crippen molar-refractivity contribution in [2.75, 3.05) is 13.1 Å². The van der Waals surface area contributed by atoms with E-state index in [-0.39, 0.29) is 35.9 Å². The molecule has 2 aliphatic rings. The van der Waals surface area contributed by atoms with E-state index < -0.39 is 5.97 Å². The summed E-state index contributed by atoms with van der Waals surface area (Å²) in [6, 6.07) is 5.32. The van der Waals surface area contributed by atoms with E-state index in [2.05, 4.69) is 5.10 Å². The normalized spacial score (nSPS) is 21.6. The van der Waals surface area contributed by atoms with Crippen LogP contribution in [0, 0.1) is 11.3 Å². The number of carboxylic acid groups (broad SMARTS) is 1. The number of carbonyl (C=O) groups excluding carboxylic acids is 1. The number of aliphatic carboxylic acids is 1. The third-order valence-corrected chi connectivity index (χ3v) is 5.63. The Morgan fingerprint density at radius 2 is 2.04 bits per heavy atom. The van der Waals surface area contributed by atoms with Crippen LogP contribution in [0.15, 0.2) is 29.2 Å². The Morgan fingerprint density at radius 1 is 1.28 bits per heavy atom. The quantitative estimate of drug-likeness (QED) is 0.876. The molecule has 2 aromatic heterocycles. The summed E-state index contributed by atoms with van der Waals surface area (Å²) in [7, 11) is 0. The number of carbonyl (C=O) groups is 2. The van der Waals surface area contributed by atoms with Gasteiger partial charge in [0.1, 0.15) is 0 Å². The van der Waals surface area contributed by atoms with Gasteiger partial charge in [-0.15, -0.1) is 5.10 Å². The molecule has 2 aromatic rings. The van der Waals surface area contributed by atoms with Crippen molar-refractivity contribution in [3.05, 3.63) is 34.9 Å². The first-order chi connectivity index (χ1) is 12.0. The van der Waals surface area contributed by atoms with Crippen LogP contribution in [0.5, 0.6) is 0 Å². The number of likely N-dealkylation sites (tertiary alicyclic amines) is 1. The Hall–Kier alpha value is -2.64. The van der Waals surface area contributed by atoms with Gasteiger partial charge in [-0.3, -0.25) is 14.0 Å². The second-order valence-electron chi connectivity index (χ2n) is 7.02. The number of fused-ring (bicyclic) bond motifs is 1. The fraction of sp³-hybridized carbons (Fsp3) is 0.529. The molecule has 8 heteroatoms. The van der Waals surface area contributed by atoms with Gasteiger partial charge in [0, 0.05) is 25.7 Å². The lowest BCUT2D eigenvalue weighted by Crippen LogP contribution is -2.40. The zero-order valence-corrected chi connectivity index (χ0v) is 13.8. The number of hydrogen-bond acceptors (Lipinski definition) is 4. The second-order valence-corrected chi connectivity index (χ2v) is 7.02. The monoisotopic (exact) mass is 344 g/mol. The Balaban J connectivity index is 1.35. The second kappa shape index (κ2) is 5.72. The van der Waals surface area contributed by atoms with Crippen LogP contribution in [0.1, 0.15) is 25.7 Å². The summed E-state index contributed by atoms with van der Waals surface area (Å²) >= 11 is 0. The number of pyridine rings is 1. The molecule has 0 radical (unpaired) electrons. The maximum Gasteiger partial charge on any atom is 0.350 e. The molecule has 25 heavy (non-hydrogen) atoms. The maximum atomic E-state index is 12.4. The van der Waals surface area contributed by atoms with Crippen molar-refractivity contribution >= 4 is 17.5 Å². The summed E-state index contributed by atoms with van der Waals surface area (Å²) in [5.41, 5.74) is 0.234. The molecule has 1 spiro atoms. The van der Waals surface area contributed by atoms with Crippen molar-refractivity contribution in [2.24, 2.45) is 11.3 Å². The molecular weight excluding hydrogens is 324 g/mol. The van der Waals surface area contributed by atoms with Gasteiger partial charge in [0.2, 0.25) is 5.91 Å². The zero-order chi connectivity index (χ0) is 17.6. The third-order valence-electron chi connectivity index (χ3n) is 5.63. The molecule has 0 bridgehead atoms. The first-order valence-corrected chi connectivity index (χ1v) is 8.55. The van der Waals surface area contributed by atoms with Crippen LogP contribution in [-0.4, -0.2) is 49.2 Å². The van der Waals surface area contributed by atoms with Gasteiger partial charge >= 0.3 is 11.7 Å². The molecule has 0 aromatic carbocycles. The SMILES string of the molecule is O=C(O)C1CC12CCN(C(=O)CCn1nc3ccccn3c1=O)CC2. The van der Waals surface area contributed by atoms with E-state index >= 15 is 0 Å². The number of carboxylic acids is 1. The van der Waals surface area contributed by atoms with Gasteiger partial charge in [0.25, 0.3) is 0 Å². The largest absolute Gasteiger partial charge is 0.481 e. The van der Waals surface area contributed by atoms with Crippen LogP contribution in [0.2, 0.25) is 0 Å². The summed E-state index contributed by atoms with van der Waals surface area (Å²) in [6.45, 7) is 1.45. The summed E-state index contributed by atoms with van der Waals surface area (Å²) < 4.78 is 2.77. The van der Waals surface area contributed by atoms with Gasteiger partial charge in [-0.2, -0.15) is 0 Å². The van der Waals surface area contributed by atoms with E-state index in [4.69, 9.17) is 5.11 Å². The van der Waals surface area contributed by atoms with E-state index in [1.165, 1.54) is 9.08 Å². The third kappa shape index (κ3) is 2.71. The fourth-order valence-electron chi connectivity index (χ4n) is 3.92. The summed E-state index contributed by atoms with van der Waals surface area (Å²) in [5, 5.41) is 13.3. The van der Waals surface area contributed by atoms with Gasteiger partial charge in [-0.25, -0.2) is 9.48 Å². The topological polar surface area (TPSA) is 96.9 Å². The lowest BCUT2D eigenvalue weighted by Gasteiger charge is -2.32. The number of piperidine rings is 1. The van der Waals surface area contributed by atoms with Crippen LogP contribution >= 0.6 is 0 Å². The average molecular weight is 344 g/mol. The number of rotatable bonds is 4. The Kier molecular flexibility index (Phi) is 3.63. The van der Waals surface area contributed by atoms with E-state index in [0.717, 1.165) is 19.3 Å². The number of aromatic nitrogens is 3. The number of hydrogen-bond donors (Lipinski definition) is 1. The lowest BCUT2D eigenvalue weighted by atomic mass is 9.90. The van der Waals surface area contributed by atoms with E-state index in [1.807, 2.05) is 6.07 Å². The molecule has 1 saturated heterocycles. The highest BCUT2D eigenvalue weighted by atomic mass is 16.4. The summed E-state index contributed by atoms with van der Waals surface area (Å²) in [5.74, 6) is -0.960. The molecule has 132 valence electrons. The first-order valence-electron chi connectivity index (χ1n) is 8.55. The van der Waals surface area contributed by atoms with Gasteiger partial charge in [-0.05, 0) is 36.8 Å². The number of amides is 1. The molecule has 1 amide bonds. The Labute approximate surface area is 143 Å². The van der Waals surface area contributed by atoms with Crippen LogP contribution in [0.25, 0.3) is 5.65 Å². The molecule has 3 heterocycles. The minimum Gasteiger partial charge on any atom is -0.481 e. The molecule has 1 N–H and O–H groups in total. The smallest absolute Gasteiger partial charge is 0.350 e. The highest BCUT2D eigenvalue weighted by Gasteiger charge is 2.59. The summed E-state index contributed by atoms with van der Waals surface area (Å²) in [6.07, 6.45) is 4.12. The van der Waals surface area contributed by atoms with E-state index in [1.54, 1.807) is 23.2 Å². The van der Waals surface area contributed by atoms with E-state index in [9.17, 15) is 14.4 Å². The number of nitrogens with zero attached hydrogens (tertiary/aromatic N) is 4. The summed E-state index contributed by atoms with van der Waals surface area (Å²) in [4.78, 5) is 37.5. The lowest BCUT2D eigenvalue weighted by molar-refractivity contribution is -0.139. The van der Waals surface area contributed by atoms with E-state index in [0.29, 0.717) is 18.7 Å². The van der Waals surface area contributed by atoms with Crippen molar-refractivity contribution in [2.45, 2.75) is 32.2 Å². The van der Waals surface area contributed by atoms with Crippen molar-refractivity contribution in [3.63, 3.8) is 0 Å². The maximum absolute atomic E-state index is 12.4.